The number of halogens is 1. The number of amides is 1. The van der Waals surface area contributed by atoms with Gasteiger partial charge in [0.25, 0.3) is 5.91 Å². The lowest BCUT2D eigenvalue weighted by molar-refractivity contribution is 0.0739. The maximum Gasteiger partial charge on any atom is 0.272 e. The number of imidazole rings is 1. The molecule has 1 aromatic carbocycles. The first-order chi connectivity index (χ1) is 13.0. The van der Waals surface area contributed by atoms with Gasteiger partial charge < -0.3 is 9.80 Å². The summed E-state index contributed by atoms with van der Waals surface area (Å²) in [6.07, 6.45) is 1.91. The molecule has 1 aliphatic heterocycles. The van der Waals surface area contributed by atoms with E-state index < -0.39 is 0 Å². The zero-order chi connectivity index (χ0) is 19.1. The highest BCUT2D eigenvalue weighted by molar-refractivity contribution is 9.10. The molecule has 0 N–H and O–H groups in total. The molecule has 0 saturated carbocycles. The van der Waals surface area contributed by atoms with E-state index in [0.717, 1.165) is 28.9 Å². The summed E-state index contributed by atoms with van der Waals surface area (Å²) in [4.78, 5) is 22.1. The van der Waals surface area contributed by atoms with E-state index in [2.05, 4.69) is 57.9 Å². The van der Waals surface area contributed by atoms with Gasteiger partial charge in [-0.05, 0) is 66.0 Å². The number of hydrogen-bond donors (Lipinski definition) is 0. The van der Waals surface area contributed by atoms with Crippen LogP contribution in [-0.2, 0) is 0 Å². The van der Waals surface area contributed by atoms with Crippen LogP contribution in [-0.4, -0.2) is 46.4 Å². The van der Waals surface area contributed by atoms with Crippen LogP contribution in [0.5, 0.6) is 0 Å². The topological polar surface area (TPSA) is 40.8 Å². The van der Waals surface area contributed by atoms with Crippen molar-refractivity contribution in [3.8, 4) is 0 Å². The number of aromatic nitrogens is 2. The fourth-order valence-electron chi connectivity index (χ4n) is 3.77. The second-order valence-electron chi connectivity index (χ2n) is 7.12. The first-order valence-corrected chi connectivity index (χ1v) is 9.99. The normalized spacial score (nSPS) is 14.8. The molecule has 2 aromatic heterocycles. The molecule has 1 saturated heterocycles. The van der Waals surface area contributed by atoms with E-state index in [1.165, 1.54) is 16.8 Å². The van der Waals surface area contributed by atoms with Crippen molar-refractivity contribution >= 4 is 33.2 Å². The van der Waals surface area contributed by atoms with Crippen molar-refractivity contribution in [2.45, 2.75) is 20.8 Å². The van der Waals surface area contributed by atoms with E-state index in [0.29, 0.717) is 18.8 Å². The lowest BCUT2D eigenvalue weighted by Gasteiger charge is -2.37. The first-order valence-electron chi connectivity index (χ1n) is 9.20. The van der Waals surface area contributed by atoms with Gasteiger partial charge in [0.1, 0.15) is 11.3 Å². The van der Waals surface area contributed by atoms with Crippen LogP contribution in [0, 0.1) is 20.8 Å². The van der Waals surface area contributed by atoms with Crippen LogP contribution in [0.25, 0.3) is 5.65 Å². The monoisotopic (exact) mass is 426 g/mol. The van der Waals surface area contributed by atoms with E-state index in [-0.39, 0.29) is 5.91 Å². The van der Waals surface area contributed by atoms with Gasteiger partial charge in [-0.15, -0.1) is 0 Å². The molecule has 1 aliphatic rings. The van der Waals surface area contributed by atoms with Gasteiger partial charge in [0.2, 0.25) is 0 Å². The molecule has 0 unspecified atom stereocenters. The summed E-state index contributed by atoms with van der Waals surface area (Å²) in [5.41, 5.74) is 6.13. The SMILES string of the molecule is Cc1cccc(N2CCN(C(=O)c3c(C)nc4ccc(Br)cn34)CC2)c1C. The summed E-state index contributed by atoms with van der Waals surface area (Å²) in [6, 6.07) is 10.3. The fourth-order valence-corrected chi connectivity index (χ4v) is 4.11. The van der Waals surface area contributed by atoms with Crippen molar-refractivity contribution in [2.75, 3.05) is 31.1 Å². The minimum atomic E-state index is 0.0544. The van der Waals surface area contributed by atoms with Crippen LogP contribution in [0.4, 0.5) is 5.69 Å². The molecule has 6 heteroatoms. The van der Waals surface area contributed by atoms with E-state index in [4.69, 9.17) is 0 Å². The number of aryl methyl sites for hydroxylation is 2. The number of carbonyl (C=O) groups is 1. The Hall–Kier alpha value is -2.34. The Labute approximate surface area is 167 Å². The molecule has 0 aliphatic carbocycles. The van der Waals surface area contributed by atoms with Crippen LogP contribution in [0.3, 0.4) is 0 Å². The standard InChI is InChI=1S/C21H23BrN4O/c1-14-5-4-6-18(15(14)2)24-9-11-25(12-10-24)21(27)20-16(3)23-19-8-7-17(22)13-26(19)20/h4-8,13H,9-12H2,1-3H3. The maximum absolute atomic E-state index is 13.2. The Kier molecular flexibility index (Phi) is 4.68. The minimum absolute atomic E-state index is 0.0544. The molecule has 3 heterocycles. The highest BCUT2D eigenvalue weighted by atomic mass is 79.9. The summed E-state index contributed by atoms with van der Waals surface area (Å²) in [5.74, 6) is 0.0544. The average Bonchev–Trinajstić information content (AvgIpc) is 2.98. The van der Waals surface area contributed by atoms with Gasteiger partial charge in [0.05, 0.1) is 5.69 Å². The second-order valence-corrected chi connectivity index (χ2v) is 8.04. The maximum atomic E-state index is 13.2. The fraction of sp³-hybridized carbons (Fsp3) is 0.333. The zero-order valence-electron chi connectivity index (χ0n) is 15.9. The Morgan fingerprint density at radius 3 is 2.52 bits per heavy atom. The summed E-state index contributed by atoms with van der Waals surface area (Å²) >= 11 is 3.49. The van der Waals surface area contributed by atoms with Crippen molar-refractivity contribution in [3.05, 3.63) is 63.5 Å². The minimum Gasteiger partial charge on any atom is -0.368 e. The highest BCUT2D eigenvalue weighted by Gasteiger charge is 2.26. The third-order valence-corrected chi connectivity index (χ3v) is 5.91. The number of carbonyl (C=O) groups excluding carboxylic acids is 1. The largest absolute Gasteiger partial charge is 0.368 e. The van der Waals surface area contributed by atoms with E-state index in [1.54, 1.807) is 0 Å². The summed E-state index contributed by atoms with van der Waals surface area (Å²) in [7, 11) is 0. The number of rotatable bonds is 2. The molecule has 0 radical (unpaired) electrons. The van der Waals surface area contributed by atoms with Crippen molar-refractivity contribution in [1.29, 1.82) is 0 Å². The van der Waals surface area contributed by atoms with Crippen LogP contribution < -0.4 is 4.90 Å². The lowest BCUT2D eigenvalue weighted by Crippen LogP contribution is -2.49. The summed E-state index contributed by atoms with van der Waals surface area (Å²) in [6.45, 7) is 9.33. The Morgan fingerprint density at radius 1 is 1.04 bits per heavy atom. The number of pyridine rings is 1. The zero-order valence-corrected chi connectivity index (χ0v) is 17.5. The molecule has 0 bridgehead atoms. The number of anilines is 1. The van der Waals surface area contributed by atoms with Gasteiger partial charge in [-0.25, -0.2) is 4.98 Å². The molecule has 140 valence electrons. The van der Waals surface area contributed by atoms with Gasteiger partial charge in [-0.2, -0.15) is 0 Å². The molecular formula is C21H23BrN4O. The van der Waals surface area contributed by atoms with Crippen LogP contribution in [0.2, 0.25) is 0 Å². The number of benzene rings is 1. The van der Waals surface area contributed by atoms with Crippen LogP contribution in [0.1, 0.15) is 27.3 Å². The molecular weight excluding hydrogens is 404 g/mol. The molecule has 0 spiro atoms. The third-order valence-electron chi connectivity index (χ3n) is 5.44. The van der Waals surface area contributed by atoms with Crippen LogP contribution in [0.15, 0.2) is 41.0 Å². The molecule has 1 fully saturated rings. The van der Waals surface area contributed by atoms with E-state index in [9.17, 15) is 4.79 Å². The predicted molar refractivity (Wildman–Crippen MR) is 112 cm³/mol. The third kappa shape index (κ3) is 3.23. The number of hydrogen-bond acceptors (Lipinski definition) is 3. The smallest absolute Gasteiger partial charge is 0.272 e. The van der Waals surface area contributed by atoms with E-state index in [1.807, 2.05) is 34.6 Å². The first kappa shape index (κ1) is 18.0. The Balaban J connectivity index is 1.55. The Morgan fingerprint density at radius 2 is 1.78 bits per heavy atom. The van der Waals surface area contributed by atoms with Crippen molar-refractivity contribution in [1.82, 2.24) is 14.3 Å². The molecule has 27 heavy (non-hydrogen) atoms. The van der Waals surface area contributed by atoms with E-state index >= 15 is 0 Å². The van der Waals surface area contributed by atoms with Crippen molar-refractivity contribution in [2.24, 2.45) is 0 Å². The second kappa shape index (κ2) is 7.00. The molecule has 4 rings (SSSR count). The number of fused-ring (bicyclic) bond motifs is 1. The Bertz CT molecular complexity index is 1020. The van der Waals surface area contributed by atoms with Gasteiger partial charge in [0.15, 0.2) is 0 Å². The van der Waals surface area contributed by atoms with Gasteiger partial charge >= 0.3 is 0 Å². The van der Waals surface area contributed by atoms with Gasteiger partial charge in [-0.1, -0.05) is 12.1 Å². The molecule has 5 nitrogen and oxygen atoms in total. The highest BCUT2D eigenvalue weighted by Crippen LogP contribution is 2.25. The van der Waals surface area contributed by atoms with Crippen molar-refractivity contribution < 1.29 is 4.79 Å². The van der Waals surface area contributed by atoms with Crippen LogP contribution >= 0.6 is 15.9 Å². The van der Waals surface area contributed by atoms with Gasteiger partial charge in [0, 0.05) is 42.5 Å². The summed E-state index contributed by atoms with van der Waals surface area (Å²) < 4.78 is 2.82. The molecule has 0 atom stereocenters. The molecule has 3 aromatic rings. The lowest BCUT2D eigenvalue weighted by atomic mass is 10.1. The summed E-state index contributed by atoms with van der Waals surface area (Å²) in [5, 5.41) is 0. The average molecular weight is 427 g/mol. The van der Waals surface area contributed by atoms with Crippen molar-refractivity contribution in [3.63, 3.8) is 0 Å². The number of nitrogens with zero attached hydrogens (tertiary/aromatic N) is 4. The molecule has 1 amide bonds. The predicted octanol–water partition coefficient (Wildman–Crippen LogP) is 3.98. The number of piperazine rings is 1. The quantitative estimate of drug-likeness (QED) is 0.621. The van der Waals surface area contributed by atoms with Gasteiger partial charge in [-0.3, -0.25) is 9.20 Å².